The molecule has 2 heteroatoms. The van der Waals surface area contributed by atoms with Gasteiger partial charge in [-0.05, 0) is 18.5 Å². The van der Waals surface area contributed by atoms with Crippen LogP contribution in [0.3, 0.4) is 0 Å². The molecule has 0 heterocycles. The molecule has 0 radical (unpaired) electrons. The van der Waals surface area contributed by atoms with Gasteiger partial charge in [0.2, 0.25) is 0 Å². The number of hydrogen-bond acceptors (Lipinski definition) is 2. The fourth-order valence-corrected chi connectivity index (χ4v) is 1.30. The first-order chi connectivity index (χ1) is 5.31. The van der Waals surface area contributed by atoms with Crippen molar-refractivity contribution in [1.82, 2.24) is 0 Å². The van der Waals surface area contributed by atoms with Crippen LogP contribution in [0, 0.1) is 0 Å². The Balaban J connectivity index is 0. The maximum atomic E-state index is 4.92. The van der Waals surface area contributed by atoms with Crippen LogP contribution in [0.1, 0.15) is 47.0 Å². The Bertz CT molecular complexity index is 57.5. The quantitative estimate of drug-likeness (QED) is 0.591. The van der Waals surface area contributed by atoms with Crippen molar-refractivity contribution in [2.75, 3.05) is 7.11 Å². The minimum atomic E-state index is 0.662. The molecule has 0 amide bonds. The number of rotatable bonds is 5. The Labute approximate surface area is 76.1 Å². The Hall–Kier alpha value is 0.310. The summed E-state index contributed by atoms with van der Waals surface area (Å²) in [6.07, 6.45) is 3.88. The van der Waals surface area contributed by atoms with Crippen LogP contribution in [0.2, 0.25) is 0 Å². The van der Waals surface area contributed by atoms with Crippen LogP contribution >= 0.6 is 12.0 Å². The lowest BCUT2D eigenvalue weighted by molar-refractivity contribution is 0.481. The van der Waals surface area contributed by atoms with Crippen LogP contribution in [0.25, 0.3) is 0 Å². The molecule has 1 atom stereocenters. The highest BCUT2D eigenvalue weighted by Crippen LogP contribution is 2.15. The summed E-state index contributed by atoms with van der Waals surface area (Å²) in [5, 5.41) is 0.662. The van der Waals surface area contributed by atoms with E-state index in [-0.39, 0.29) is 0 Å². The Morgan fingerprint density at radius 2 is 1.91 bits per heavy atom. The van der Waals surface area contributed by atoms with E-state index in [0.717, 1.165) is 0 Å². The van der Waals surface area contributed by atoms with Crippen molar-refractivity contribution in [3.8, 4) is 0 Å². The molecule has 0 saturated carbocycles. The van der Waals surface area contributed by atoms with Gasteiger partial charge in [0.05, 0.1) is 7.11 Å². The molecule has 0 aliphatic rings. The molecule has 0 bridgehead atoms. The Morgan fingerprint density at radius 1 is 1.36 bits per heavy atom. The Morgan fingerprint density at radius 3 is 2.27 bits per heavy atom. The highest BCUT2D eigenvalue weighted by atomic mass is 32.2. The second-order valence-corrected chi connectivity index (χ2v) is 3.55. The first kappa shape index (κ1) is 13.9. The van der Waals surface area contributed by atoms with E-state index < -0.39 is 0 Å². The summed E-state index contributed by atoms with van der Waals surface area (Å²) in [6.45, 7) is 8.41. The molecule has 0 fully saturated rings. The molecular weight excluding hydrogens is 156 g/mol. The van der Waals surface area contributed by atoms with Crippen LogP contribution < -0.4 is 0 Å². The van der Waals surface area contributed by atoms with Crippen molar-refractivity contribution in [2.45, 2.75) is 52.2 Å². The van der Waals surface area contributed by atoms with E-state index in [0.29, 0.717) is 5.25 Å². The predicted molar refractivity (Wildman–Crippen MR) is 54.9 cm³/mol. The molecule has 1 nitrogen and oxygen atoms in total. The van der Waals surface area contributed by atoms with Crippen molar-refractivity contribution < 1.29 is 4.18 Å². The van der Waals surface area contributed by atoms with Gasteiger partial charge in [0.1, 0.15) is 0 Å². The highest BCUT2D eigenvalue weighted by Gasteiger charge is 1.99. The summed E-state index contributed by atoms with van der Waals surface area (Å²) in [4.78, 5) is 0. The van der Waals surface area contributed by atoms with Crippen LogP contribution in [0.5, 0.6) is 0 Å². The summed E-state index contributed by atoms with van der Waals surface area (Å²) < 4.78 is 4.92. The van der Waals surface area contributed by atoms with Crippen LogP contribution in [0.4, 0.5) is 0 Å². The van der Waals surface area contributed by atoms with E-state index in [2.05, 4.69) is 13.8 Å². The SMILES string of the molecule is CC.CCCCC(C)SOC. The minimum absolute atomic E-state index is 0.662. The van der Waals surface area contributed by atoms with E-state index in [4.69, 9.17) is 4.18 Å². The third-order valence-electron chi connectivity index (χ3n) is 1.22. The van der Waals surface area contributed by atoms with Crippen molar-refractivity contribution in [2.24, 2.45) is 0 Å². The van der Waals surface area contributed by atoms with Gasteiger partial charge in [-0.15, -0.1) is 0 Å². The summed E-state index contributed by atoms with van der Waals surface area (Å²) in [7, 11) is 1.73. The van der Waals surface area contributed by atoms with Gasteiger partial charge < -0.3 is 4.18 Å². The highest BCUT2D eigenvalue weighted by molar-refractivity contribution is 7.95. The van der Waals surface area contributed by atoms with Crippen molar-refractivity contribution >= 4 is 12.0 Å². The number of hydrogen-bond donors (Lipinski definition) is 0. The molecule has 0 spiro atoms. The summed E-state index contributed by atoms with van der Waals surface area (Å²) in [5.41, 5.74) is 0. The fourth-order valence-electron chi connectivity index (χ4n) is 0.704. The molecule has 0 aromatic heterocycles. The van der Waals surface area contributed by atoms with Crippen molar-refractivity contribution in [3.05, 3.63) is 0 Å². The number of unbranched alkanes of at least 4 members (excludes halogenated alkanes) is 1. The van der Waals surface area contributed by atoms with Crippen LogP contribution in [0.15, 0.2) is 0 Å². The van der Waals surface area contributed by atoms with Gasteiger partial charge in [-0.25, -0.2) is 0 Å². The zero-order chi connectivity index (χ0) is 9.11. The predicted octanol–water partition coefficient (Wildman–Crippen LogP) is 3.89. The minimum Gasteiger partial charge on any atom is -0.318 e. The van der Waals surface area contributed by atoms with E-state index >= 15 is 0 Å². The zero-order valence-corrected chi connectivity index (χ0v) is 9.33. The average Bonchev–Trinajstić information content (AvgIpc) is 2.05. The van der Waals surface area contributed by atoms with Gasteiger partial charge in [0.15, 0.2) is 0 Å². The molecule has 0 N–H and O–H groups in total. The lowest BCUT2D eigenvalue weighted by Gasteiger charge is -2.05. The smallest absolute Gasteiger partial charge is 0.0503 e. The average molecular weight is 178 g/mol. The second kappa shape index (κ2) is 12.9. The molecule has 0 rings (SSSR count). The second-order valence-electron chi connectivity index (χ2n) is 2.22. The van der Waals surface area contributed by atoms with Gasteiger partial charge in [-0.2, -0.15) is 0 Å². The van der Waals surface area contributed by atoms with Gasteiger partial charge in [0.25, 0.3) is 0 Å². The zero-order valence-electron chi connectivity index (χ0n) is 8.52. The van der Waals surface area contributed by atoms with Gasteiger partial charge in [0, 0.05) is 5.25 Å². The molecule has 0 aromatic rings. The largest absolute Gasteiger partial charge is 0.318 e. The first-order valence-corrected chi connectivity index (χ1v) is 5.31. The van der Waals surface area contributed by atoms with E-state index in [1.54, 1.807) is 19.2 Å². The molecule has 0 aromatic carbocycles. The van der Waals surface area contributed by atoms with Crippen LogP contribution in [-0.4, -0.2) is 12.4 Å². The first-order valence-electron chi connectivity index (χ1n) is 4.50. The van der Waals surface area contributed by atoms with Crippen molar-refractivity contribution in [1.29, 1.82) is 0 Å². The Kier molecular flexibility index (Phi) is 16.3. The van der Waals surface area contributed by atoms with Gasteiger partial charge in [-0.1, -0.05) is 40.5 Å². The standard InChI is InChI=1S/C7H16OS.C2H6/c1-4-5-6-7(2)9-8-3;1-2/h7H,4-6H2,1-3H3;1-2H3. The topological polar surface area (TPSA) is 9.23 Å². The lowest BCUT2D eigenvalue weighted by Crippen LogP contribution is -1.94. The molecule has 11 heavy (non-hydrogen) atoms. The summed E-state index contributed by atoms with van der Waals surface area (Å²) in [6, 6.07) is 0. The molecular formula is C9H22OS. The van der Waals surface area contributed by atoms with E-state index in [1.165, 1.54) is 19.3 Å². The summed E-state index contributed by atoms with van der Waals surface area (Å²) >= 11 is 1.57. The molecule has 0 aliphatic heterocycles. The normalized spacial score (nSPS) is 11.7. The van der Waals surface area contributed by atoms with Crippen molar-refractivity contribution in [3.63, 3.8) is 0 Å². The lowest BCUT2D eigenvalue weighted by atomic mass is 10.2. The maximum Gasteiger partial charge on any atom is 0.0503 e. The van der Waals surface area contributed by atoms with Gasteiger partial charge in [-0.3, -0.25) is 0 Å². The molecule has 1 unspecified atom stereocenters. The van der Waals surface area contributed by atoms with E-state index in [1.807, 2.05) is 13.8 Å². The third-order valence-corrected chi connectivity index (χ3v) is 1.98. The molecule has 0 aliphatic carbocycles. The van der Waals surface area contributed by atoms with E-state index in [9.17, 15) is 0 Å². The summed E-state index contributed by atoms with van der Waals surface area (Å²) in [5.74, 6) is 0. The molecule has 0 saturated heterocycles. The maximum absolute atomic E-state index is 4.92. The fraction of sp³-hybridized carbons (Fsp3) is 1.00. The monoisotopic (exact) mass is 178 g/mol. The molecule has 70 valence electrons. The third kappa shape index (κ3) is 13.3. The van der Waals surface area contributed by atoms with Crippen LogP contribution in [-0.2, 0) is 4.18 Å². The van der Waals surface area contributed by atoms with Gasteiger partial charge >= 0.3 is 0 Å².